The highest BCUT2D eigenvalue weighted by molar-refractivity contribution is 7.89. The minimum absolute atomic E-state index is 0.0318. The van der Waals surface area contributed by atoms with Crippen LogP contribution in [-0.2, 0) is 27.8 Å². The van der Waals surface area contributed by atoms with Crippen LogP contribution in [0.5, 0.6) is 5.75 Å². The molecule has 8 nitrogen and oxygen atoms in total. The van der Waals surface area contributed by atoms with Crippen LogP contribution in [0.2, 0.25) is 0 Å². The van der Waals surface area contributed by atoms with E-state index in [9.17, 15) is 13.2 Å². The largest absolute Gasteiger partial charge is 0.497 e. The van der Waals surface area contributed by atoms with Crippen molar-refractivity contribution in [2.75, 3.05) is 13.7 Å². The number of carbonyl (C=O) groups is 1. The van der Waals surface area contributed by atoms with Crippen LogP contribution in [0.1, 0.15) is 36.1 Å². The monoisotopic (exact) mass is 628 g/mol. The molecule has 0 aliphatic rings. The predicted molar refractivity (Wildman–Crippen MR) is 178 cm³/mol. The lowest BCUT2D eigenvalue weighted by atomic mass is 10.0. The fraction of sp³-hybridized carbons (Fsp3) is 0.206. The van der Waals surface area contributed by atoms with Crippen molar-refractivity contribution in [3.05, 3.63) is 119 Å². The molecule has 0 radical (unpaired) electrons. The van der Waals surface area contributed by atoms with E-state index >= 15 is 0 Å². The Morgan fingerprint density at radius 3 is 2.25 bits per heavy atom. The average Bonchev–Trinajstić information content (AvgIpc) is 3.00. The van der Waals surface area contributed by atoms with Gasteiger partial charge in [0.05, 0.1) is 18.4 Å². The van der Waals surface area contributed by atoms with E-state index < -0.39 is 10.0 Å². The Kier molecular flexibility index (Phi) is 10.6. The van der Waals surface area contributed by atoms with Crippen molar-refractivity contribution in [1.82, 2.24) is 10.2 Å². The molecule has 10 heteroatoms. The molecule has 0 fully saturated rings. The van der Waals surface area contributed by atoms with Gasteiger partial charge in [-0.15, -0.1) is 0 Å². The number of ether oxygens (including phenoxy) is 1. The third-order valence-corrected chi connectivity index (χ3v) is 8.24. The molecule has 44 heavy (non-hydrogen) atoms. The van der Waals surface area contributed by atoms with E-state index in [2.05, 4.69) is 19.2 Å². The van der Waals surface area contributed by atoms with Crippen LogP contribution >= 0.6 is 12.2 Å². The summed E-state index contributed by atoms with van der Waals surface area (Å²) in [6, 6.07) is 28.7. The molecular weight excluding hydrogens is 593 g/mol. The quantitative estimate of drug-likeness (QED) is 0.114. The van der Waals surface area contributed by atoms with Crippen molar-refractivity contribution in [1.29, 1.82) is 5.41 Å². The van der Waals surface area contributed by atoms with E-state index in [0.717, 1.165) is 22.4 Å². The molecule has 0 unspecified atom stereocenters. The number of amidine groups is 1. The molecule has 0 spiro atoms. The maximum Gasteiger partial charge on any atom is 0.238 e. The summed E-state index contributed by atoms with van der Waals surface area (Å²) in [6.07, 6.45) is 0.191. The van der Waals surface area contributed by atoms with Gasteiger partial charge in [-0.25, -0.2) is 13.6 Å². The molecule has 4 N–H and O–H groups in total. The molecule has 0 aliphatic carbocycles. The SMILES string of the molecule is COc1ccc(C(=S)NC(=N)c2cccc(CN(CC(C)C)C(=O)Cc3ccc(-c4ccccc4S(N)(=O)=O)cc3)c2)cc1. The van der Waals surface area contributed by atoms with Crippen molar-refractivity contribution >= 4 is 39.0 Å². The summed E-state index contributed by atoms with van der Waals surface area (Å²) in [4.78, 5) is 15.8. The maximum absolute atomic E-state index is 13.5. The van der Waals surface area contributed by atoms with Crippen molar-refractivity contribution < 1.29 is 17.9 Å². The first-order chi connectivity index (χ1) is 20.9. The molecule has 0 heterocycles. The third kappa shape index (κ3) is 8.59. The molecule has 0 saturated carbocycles. The van der Waals surface area contributed by atoms with E-state index in [0.29, 0.717) is 34.8 Å². The molecule has 0 aromatic heterocycles. The summed E-state index contributed by atoms with van der Waals surface area (Å²) < 4.78 is 29.3. The van der Waals surface area contributed by atoms with Gasteiger partial charge in [-0.05, 0) is 59.0 Å². The first-order valence-corrected chi connectivity index (χ1v) is 16.0. The number of benzene rings is 4. The lowest BCUT2D eigenvalue weighted by molar-refractivity contribution is -0.131. The number of hydrogen-bond acceptors (Lipinski definition) is 6. The second kappa shape index (κ2) is 14.4. The van der Waals surface area contributed by atoms with E-state index in [4.69, 9.17) is 27.5 Å². The van der Waals surface area contributed by atoms with Crippen molar-refractivity contribution in [2.45, 2.75) is 31.7 Å². The van der Waals surface area contributed by atoms with Crippen LogP contribution in [0.25, 0.3) is 11.1 Å². The topological polar surface area (TPSA) is 126 Å². The fourth-order valence-electron chi connectivity index (χ4n) is 4.78. The zero-order chi connectivity index (χ0) is 31.9. The second-order valence-corrected chi connectivity index (χ2v) is 12.8. The third-order valence-electron chi connectivity index (χ3n) is 6.93. The van der Waals surface area contributed by atoms with Gasteiger partial charge in [-0.2, -0.15) is 0 Å². The van der Waals surface area contributed by atoms with Gasteiger partial charge in [0.1, 0.15) is 16.6 Å². The molecule has 4 aromatic rings. The Bertz CT molecular complexity index is 1750. The molecule has 4 aromatic carbocycles. The molecule has 0 atom stereocenters. The zero-order valence-electron chi connectivity index (χ0n) is 24.9. The first-order valence-electron chi connectivity index (χ1n) is 14.1. The van der Waals surface area contributed by atoms with E-state index in [1.807, 2.05) is 65.6 Å². The number of nitrogens with one attached hydrogen (secondary N) is 2. The van der Waals surface area contributed by atoms with Crippen LogP contribution in [0, 0.1) is 11.3 Å². The Hall–Kier alpha value is -4.38. The van der Waals surface area contributed by atoms with Gasteiger partial charge in [-0.1, -0.05) is 86.7 Å². The van der Waals surface area contributed by atoms with Crippen molar-refractivity contribution in [3.8, 4) is 16.9 Å². The van der Waals surface area contributed by atoms with Gasteiger partial charge in [0.25, 0.3) is 0 Å². The molecule has 4 rings (SSSR count). The molecule has 0 bridgehead atoms. The Morgan fingerprint density at radius 1 is 0.932 bits per heavy atom. The number of nitrogens with zero attached hydrogens (tertiary/aromatic N) is 1. The lowest BCUT2D eigenvalue weighted by Gasteiger charge is -2.25. The number of hydrogen-bond donors (Lipinski definition) is 3. The average molecular weight is 629 g/mol. The van der Waals surface area contributed by atoms with Gasteiger partial charge in [0, 0.05) is 29.8 Å². The summed E-state index contributed by atoms with van der Waals surface area (Å²) in [7, 11) is -2.28. The van der Waals surface area contributed by atoms with Crippen LogP contribution in [0.4, 0.5) is 0 Å². The number of nitrogens with two attached hydrogens (primary N) is 1. The summed E-state index contributed by atoms with van der Waals surface area (Å²) in [5, 5.41) is 17.0. The number of primary sulfonamides is 1. The number of methoxy groups -OCH3 is 1. The van der Waals surface area contributed by atoms with Gasteiger partial charge in [-0.3, -0.25) is 10.2 Å². The first kappa shape index (κ1) is 32.5. The minimum Gasteiger partial charge on any atom is -0.497 e. The van der Waals surface area contributed by atoms with Crippen LogP contribution < -0.4 is 15.2 Å². The molecular formula is C34H36N4O4S2. The number of carbonyl (C=O) groups excluding carboxylic acids is 1. The highest BCUT2D eigenvalue weighted by atomic mass is 32.2. The highest BCUT2D eigenvalue weighted by Gasteiger charge is 2.18. The summed E-state index contributed by atoms with van der Waals surface area (Å²) in [5.41, 5.74) is 4.35. The summed E-state index contributed by atoms with van der Waals surface area (Å²) in [5.74, 6) is 1.11. The number of rotatable bonds is 11. The van der Waals surface area contributed by atoms with Gasteiger partial charge >= 0.3 is 0 Å². The van der Waals surface area contributed by atoms with Crippen LogP contribution in [0.3, 0.4) is 0 Å². The van der Waals surface area contributed by atoms with Crippen molar-refractivity contribution in [3.63, 3.8) is 0 Å². The molecule has 0 saturated heterocycles. The zero-order valence-corrected chi connectivity index (χ0v) is 26.5. The van der Waals surface area contributed by atoms with Gasteiger partial charge < -0.3 is 15.0 Å². The normalized spacial score (nSPS) is 11.2. The highest BCUT2D eigenvalue weighted by Crippen LogP contribution is 2.27. The molecule has 228 valence electrons. The van der Waals surface area contributed by atoms with Crippen LogP contribution in [0.15, 0.2) is 102 Å². The molecule has 0 aliphatic heterocycles. The van der Waals surface area contributed by atoms with E-state index in [1.54, 1.807) is 37.4 Å². The Morgan fingerprint density at radius 2 is 1.61 bits per heavy atom. The second-order valence-electron chi connectivity index (χ2n) is 10.8. The van der Waals surface area contributed by atoms with E-state index in [1.165, 1.54) is 6.07 Å². The predicted octanol–water partition coefficient (Wildman–Crippen LogP) is 5.53. The summed E-state index contributed by atoms with van der Waals surface area (Å²) in [6.45, 7) is 5.09. The van der Waals surface area contributed by atoms with E-state index in [-0.39, 0.29) is 29.0 Å². The standard InChI is InChI=1S/C34H36N4O4S2/c1-23(2)21-38(32(39)20-24-11-13-26(14-12-24)30-9-4-5-10-31(30)44(36,40)41)22-25-7-6-8-28(19-25)33(35)37-34(43)27-15-17-29(42-3)18-16-27/h4-19,23H,20-22H2,1-3H3,(H2,35,37,43)(H2,36,40,41). The van der Waals surface area contributed by atoms with Crippen molar-refractivity contribution in [2.24, 2.45) is 11.1 Å². The Labute approximate surface area is 264 Å². The van der Waals surface area contributed by atoms with Crippen LogP contribution in [-0.4, -0.2) is 43.7 Å². The number of thiocarbonyl (C=S) groups is 1. The smallest absolute Gasteiger partial charge is 0.238 e. The number of sulfonamides is 1. The van der Waals surface area contributed by atoms with Gasteiger partial charge in [0.2, 0.25) is 15.9 Å². The minimum atomic E-state index is -3.88. The van der Waals surface area contributed by atoms with Gasteiger partial charge in [0.15, 0.2) is 0 Å². The Balaban J connectivity index is 1.45. The molecule has 1 amide bonds. The maximum atomic E-state index is 13.5. The number of amides is 1. The lowest BCUT2D eigenvalue weighted by Crippen LogP contribution is -2.35. The summed E-state index contributed by atoms with van der Waals surface area (Å²) >= 11 is 5.50. The fourth-order valence-corrected chi connectivity index (χ4v) is 5.78.